The highest BCUT2D eigenvalue weighted by atomic mass is 35.5. The van der Waals surface area contributed by atoms with Gasteiger partial charge in [-0.05, 0) is 47.9 Å². The van der Waals surface area contributed by atoms with E-state index in [0.29, 0.717) is 16.1 Å². The molecule has 2 N–H and O–H groups in total. The first-order valence-corrected chi connectivity index (χ1v) is 6.26. The van der Waals surface area contributed by atoms with Gasteiger partial charge >= 0.3 is 0 Å². The smallest absolute Gasteiger partial charge is 0.127 e. The molecule has 2 aromatic rings. The highest BCUT2D eigenvalue weighted by Gasteiger charge is 2.15. The summed E-state index contributed by atoms with van der Waals surface area (Å²) in [5, 5.41) is 0.332. The fraction of sp³-hybridized carbons (Fsp3) is 0.200. The zero-order valence-corrected chi connectivity index (χ0v) is 11.5. The number of aryl methyl sites for hydroxylation is 1. The standard InChI is InChI=1S/C15H15ClFNO/c1-9-6-12(13(16)8-14(9)17)15(18)10-4-3-5-11(7-10)19-2/h3-8,15H,18H2,1-2H3. The Hall–Kier alpha value is -1.58. The largest absolute Gasteiger partial charge is 0.497 e. The molecule has 0 heterocycles. The van der Waals surface area contributed by atoms with Crippen LogP contribution in [0.2, 0.25) is 5.02 Å². The normalized spacial score (nSPS) is 12.3. The predicted molar refractivity (Wildman–Crippen MR) is 75.2 cm³/mol. The first kappa shape index (κ1) is 13.8. The Morgan fingerprint density at radius 2 is 2.00 bits per heavy atom. The SMILES string of the molecule is COc1cccc(C(N)c2cc(C)c(F)cc2Cl)c1. The summed E-state index contributed by atoms with van der Waals surface area (Å²) < 4.78 is 18.6. The molecular weight excluding hydrogens is 265 g/mol. The Balaban J connectivity index is 2.43. The van der Waals surface area contributed by atoms with Gasteiger partial charge in [0.15, 0.2) is 0 Å². The molecule has 2 nitrogen and oxygen atoms in total. The van der Waals surface area contributed by atoms with Gasteiger partial charge in [-0.3, -0.25) is 0 Å². The molecule has 0 aromatic heterocycles. The van der Waals surface area contributed by atoms with E-state index >= 15 is 0 Å². The first-order valence-electron chi connectivity index (χ1n) is 5.88. The number of ether oxygens (including phenoxy) is 1. The van der Waals surface area contributed by atoms with Crippen LogP contribution in [0.3, 0.4) is 0 Å². The number of benzene rings is 2. The number of rotatable bonds is 3. The lowest BCUT2D eigenvalue weighted by atomic mass is 9.97. The molecule has 0 bridgehead atoms. The molecule has 4 heteroatoms. The summed E-state index contributed by atoms with van der Waals surface area (Å²) >= 11 is 6.07. The maximum absolute atomic E-state index is 13.4. The molecule has 19 heavy (non-hydrogen) atoms. The second-order valence-corrected chi connectivity index (χ2v) is 4.78. The Bertz CT molecular complexity index is 601. The number of hydrogen-bond acceptors (Lipinski definition) is 2. The molecule has 0 aliphatic carbocycles. The summed E-state index contributed by atoms with van der Waals surface area (Å²) in [7, 11) is 1.60. The minimum absolute atomic E-state index is 0.327. The van der Waals surface area contributed by atoms with Crippen LogP contribution in [0.25, 0.3) is 0 Å². The number of methoxy groups -OCH3 is 1. The molecule has 100 valence electrons. The van der Waals surface area contributed by atoms with Crippen molar-refractivity contribution in [1.82, 2.24) is 0 Å². The third kappa shape index (κ3) is 2.88. The van der Waals surface area contributed by atoms with Crippen LogP contribution in [0.4, 0.5) is 4.39 Å². The molecule has 2 aromatic carbocycles. The Morgan fingerprint density at radius 1 is 1.26 bits per heavy atom. The van der Waals surface area contributed by atoms with Crippen LogP contribution in [0.15, 0.2) is 36.4 Å². The van der Waals surface area contributed by atoms with Gasteiger partial charge in [-0.1, -0.05) is 23.7 Å². The molecule has 1 unspecified atom stereocenters. The Morgan fingerprint density at radius 3 is 2.68 bits per heavy atom. The lowest BCUT2D eigenvalue weighted by Gasteiger charge is -2.16. The fourth-order valence-electron chi connectivity index (χ4n) is 1.93. The van der Waals surface area contributed by atoms with Gasteiger partial charge in [0.05, 0.1) is 13.2 Å². The quantitative estimate of drug-likeness (QED) is 0.926. The van der Waals surface area contributed by atoms with E-state index in [1.54, 1.807) is 20.1 Å². The predicted octanol–water partition coefficient (Wildman–Crippen LogP) is 3.84. The summed E-state index contributed by atoms with van der Waals surface area (Å²) in [6, 6.07) is 10.0. The third-order valence-corrected chi connectivity index (χ3v) is 3.39. The second kappa shape index (κ2) is 5.59. The second-order valence-electron chi connectivity index (χ2n) is 4.38. The maximum Gasteiger partial charge on any atom is 0.127 e. The topological polar surface area (TPSA) is 35.2 Å². The van der Waals surface area contributed by atoms with Crippen LogP contribution in [0.1, 0.15) is 22.7 Å². The van der Waals surface area contributed by atoms with Crippen LogP contribution in [-0.2, 0) is 0 Å². The van der Waals surface area contributed by atoms with Crippen molar-refractivity contribution in [3.63, 3.8) is 0 Å². The van der Waals surface area contributed by atoms with E-state index in [1.165, 1.54) is 6.07 Å². The molecule has 0 aliphatic rings. The van der Waals surface area contributed by atoms with Crippen molar-refractivity contribution < 1.29 is 9.13 Å². The van der Waals surface area contributed by atoms with Crippen molar-refractivity contribution >= 4 is 11.6 Å². The zero-order valence-electron chi connectivity index (χ0n) is 10.8. The van der Waals surface area contributed by atoms with Crippen LogP contribution in [-0.4, -0.2) is 7.11 Å². The van der Waals surface area contributed by atoms with Gasteiger partial charge < -0.3 is 10.5 Å². The van der Waals surface area contributed by atoms with Gasteiger partial charge in [0.1, 0.15) is 11.6 Å². The van der Waals surface area contributed by atoms with Gasteiger partial charge in [0.25, 0.3) is 0 Å². The maximum atomic E-state index is 13.4. The van der Waals surface area contributed by atoms with E-state index in [2.05, 4.69) is 0 Å². The Kier molecular flexibility index (Phi) is 4.08. The minimum atomic E-state index is -0.415. The van der Waals surface area contributed by atoms with Gasteiger partial charge in [0, 0.05) is 5.02 Å². The van der Waals surface area contributed by atoms with Crippen LogP contribution < -0.4 is 10.5 Å². The van der Waals surface area contributed by atoms with Crippen molar-refractivity contribution in [2.45, 2.75) is 13.0 Å². The molecule has 2 rings (SSSR count). The summed E-state index contributed by atoms with van der Waals surface area (Å²) in [4.78, 5) is 0. The van der Waals surface area contributed by atoms with Crippen LogP contribution >= 0.6 is 11.6 Å². The molecule has 0 amide bonds. The first-order chi connectivity index (χ1) is 9.02. The molecule has 0 aliphatic heterocycles. The number of halogens is 2. The van der Waals surface area contributed by atoms with Crippen molar-refractivity contribution in [2.24, 2.45) is 5.73 Å². The van der Waals surface area contributed by atoms with Gasteiger partial charge in [-0.25, -0.2) is 4.39 Å². The van der Waals surface area contributed by atoms with Crippen molar-refractivity contribution in [2.75, 3.05) is 7.11 Å². The molecule has 0 saturated carbocycles. The summed E-state index contributed by atoms with van der Waals surface area (Å²) in [5.41, 5.74) is 8.29. The summed E-state index contributed by atoms with van der Waals surface area (Å²) in [6.07, 6.45) is 0. The van der Waals surface area contributed by atoms with E-state index in [1.807, 2.05) is 24.3 Å². The molecule has 0 fully saturated rings. The summed E-state index contributed by atoms with van der Waals surface area (Å²) in [5.74, 6) is 0.398. The fourth-order valence-corrected chi connectivity index (χ4v) is 2.20. The van der Waals surface area contributed by atoms with Crippen molar-refractivity contribution in [1.29, 1.82) is 0 Å². The molecular formula is C15H15ClFNO. The lowest BCUT2D eigenvalue weighted by molar-refractivity contribution is 0.414. The van der Waals surface area contributed by atoms with E-state index in [-0.39, 0.29) is 5.82 Å². The highest BCUT2D eigenvalue weighted by Crippen LogP contribution is 2.30. The molecule has 1 atom stereocenters. The average molecular weight is 280 g/mol. The molecule has 0 saturated heterocycles. The van der Waals surface area contributed by atoms with E-state index in [0.717, 1.165) is 11.3 Å². The Labute approximate surface area is 117 Å². The van der Waals surface area contributed by atoms with E-state index in [4.69, 9.17) is 22.1 Å². The van der Waals surface area contributed by atoms with Gasteiger partial charge in [-0.2, -0.15) is 0 Å². The summed E-state index contributed by atoms with van der Waals surface area (Å²) in [6.45, 7) is 1.69. The third-order valence-electron chi connectivity index (χ3n) is 3.07. The lowest BCUT2D eigenvalue weighted by Crippen LogP contribution is -2.13. The minimum Gasteiger partial charge on any atom is -0.497 e. The van der Waals surface area contributed by atoms with E-state index < -0.39 is 6.04 Å². The van der Waals surface area contributed by atoms with Crippen LogP contribution in [0, 0.1) is 12.7 Å². The number of nitrogens with two attached hydrogens (primary N) is 1. The van der Waals surface area contributed by atoms with Crippen molar-refractivity contribution in [3.8, 4) is 5.75 Å². The average Bonchev–Trinajstić information content (AvgIpc) is 2.42. The molecule has 0 radical (unpaired) electrons. The van der Waals surface area contributed by atoms with Crippen molar-refractivity contribution in [3.05, 3.63) is 63.9 Å². The molecule has 0 spiro atoms. The van der Waals surface area contributed by atoms with Crippen LogP contribution in [0.5, 0.6) is 5.75 Å². The van der Waals surface area contributed by atoms with Gasteiger partial charge in [0.2, 0.25) is 0 Å². The van der Waals surface area contributed by atoms with E-state index in [9.17, 15) is 4.39 Å². The number of hydrogen-bond donors (Lipinski definition) is 1. The zero-order chi connectivity index (χ0) is 14.0. The van der Waals surface area contributed by atoms with Gasteiger partial charge in [-0.15, -0.1) is 0 Å². The highest BCUT2D eigenvalue weighted by molar-refractivity contribution is 6.31. The monoisotopic (exact) mass is 279 g/mol.